The van der Waals surface area contributed by atoms with Gasteiger partial charge in [0.05, 0.1) is 11.3 Å². The van der Waals surface area contributed by atoms with Gasteiger partial charge in [0.1, 0.15) is 11.6 Å². The Labute approximate surface area is 119 Å². The quantitative estimate of drug-likeness (QED) is 0.891. The van der Waals surface area contributed by atoms with Gasteiger partial charge in [0.25, 0.3) is 0 Å². The van der Waals surface area contributed by atoms with Crippen LogP contribution >= 0.6 is 0 Å². The predicted molar refractivity (Wildman–Crippen MR) is 76.2 cm³/mol. The van der Waals surface area contributed by atoms with Crippen molar-refractivity contribution in [1.82, 2.24) is 20.1 Å². The van der Waals surface area contributed by atoms with Gasteiger partial charge in [-0.05, 0) is 26.2 Å². The van der Waals surface area contributed by atoms with Gasteiger partial charge in [-0.25, -0.2) is 8.42 Å². The molecule has 2 heterocycles. The van der Waals surface area contributed by atoms with E-state index in [0.29, 0.717) is 0 Å². The summed E-state index contributed by atoms with van der Waals surface area (Å²) in [5.41, 5.74) is 0. The SMILES string of the molecule is CC(NC1CCCC1S(C)(=O)=O)c1nnc2n1CCC2. The third kappa shape index (κ3) is 2.48. The first kappa shape index (κ1) is 14.0. The number of sulfone groups is 1. The lowest BCUT2D eigenvalue weighted by Gasteiger charge is -2.23. The summed E-state index contributed by atoms with van der Waals surface area (Å²) < 4.78 is 25.8. The Balaban J connectivity index is 1.74. The molecule has 112 valence electrons. The van der Waals surface area contributed by atoms with Gasteiger partial charge in [0.2, 0.25) is 0 Å². The molecule has 7 heteroatoms. The van der Waals surface area contributed by atoms with Crippen LogP contribution in [0.4, 0.5) is 0 Å². The lowest BCUT2D eigenvalue weighted by Crippen LogP contribution is -2.41. The molecule has 20 heavy (non-hydrogen) atoms. The van der Waals surface area contributed by atoms with Gasteiger partial charge < -0.3 is 9.88 Å². The number of rotatable bonds is 4. The van der Waals surface area contributed by atoms with E-state index in [2.05, 4.69) is 20.1 Å². The van der Waals surface area contributed by atoms with E-state index in [9.17, 15) is 8.42 Å². The van der Waals surface area contributed by atoms with Crippen molar-refractivity contribution in [3.63, 3.8) is 0 Å². The van der Waals surface area contributed by atoms with Crippen LogP contribution in [0.3, 0.4) is 0 Å². The fourth-order valence-corrected chi connectivity index (χ4v) is 4.92. The largest absolute Gasteiger partial charge is 0.314 e. The van der Waals surface area contributed by atoms with Crippen molar-refractivity contribution in [2.75, 3.05) is 6.26 Å². The van der Waals surface area contributed by atoms with Gasteiger partial charge in [-0.15, -0.1) is 10.2 Å². The van der Waals surface area contributed by atoms with Crippen molar-refractivity contribution in [2.45, 2.75) is 62.9 Å². The molecule has 1 aromatic heterocycles. The number of aryl methyl sites for hydroxylation is 1. The maximum absolute atomic E-state index is 11.8. The molecular formula is C13H22N4O2S. The van der Waals surface area contributed by atoms with Crippen LogP contribution in [0.15, 0.2) is 0 Å². The van der Waals surface area contributed by atoms with E-state index in [-0.39, 0.29) is 17.3 Å². The minimum atomic E-state index is -2.98. The first-order valence-corrected chi connectivity index (χ1v) is 9.29. The summed E-state index contributed by atoms with van der Waals surface area (Å²) in [6.07, 6.45) is 6.12. The summed E-state index contributed by atoms with van der Waals surface area (Å²) in [5.74, 6) is 2.00. The van der Waals surface area contributed by atoms with E-state index in [1.807, 2.05) is 6.92 Å². The molecule has 1 aliphatic heterocycles. The van der Waals surface area contributed by atoms with E-state index in [1.165, 1.54) is 6.26 Å². The predicted octanol–water partition coefficient (Wildman–Crippen LogP) is 0.841. The van der Waals surface area contributed by atoms with Gasteiger partial charge in [0, 0.05) is 25.3 Å². The van der Waals surface area contributed by atoms with Crippen LogP contribution in [0, 0.1) is 0 Å². The van der Waals surface area contributed by atoms with E-state index in [1.54, 1.807) is 0 Å². The fourth-order valence-electron chi connectivity index (χ4n) is 3.52. The van der Waals surface area contributed by atoms with Crippen molar-refractivity contribution >= 4 is 9.84 Å². The van der Waals surface area contributed by atoms with Crippen LogP contribution in [0.1, 0.15) is 50.3 Å². The molecule has 0 aromatic carbocycles. The zero-order chi connectivity index (χ0) is 14.3. The van der Waals surface area contributed by atoms with Gasteiger partial charge in [-0.1, -0.05) is 6.42 Å². The number of nitrogens with one attached hydrogen (secondary N) is 1. The summed E-state index contributed by atoms with van der Waals surface area (Å²) >= 11 is 0. The topological polar surface area (TPSA) is 76.9 Å². The molecule has 6 nitrogen and oxygen atoms in total. The maximum atomic E-state index is 11.8. The van der Waals surface area contributed by atoms with Crippen LogP contribution in [-0.2, 0) is 22.8 Å². The van der Waals surface area contributed by atoms with Crippen molar-refractivity contribution in [2.24, 2.45) is 0 Å². The van der Waals surface area contributed by atoms with E-state index in [0.717, 1.165) is 50.3 Å². The Morgan fingerprint density at radius 2 is 2.10 bits per heavy atom. The molecule has 1 aliphatic carbocycles. The lowest BCUT2D eigenvalue weighted by atomic mass is 10.2. The number of fused-ring (bicyclic) bond motifs is 1. The molecule has 0 spiro atoms. The summed E-state index contributed by atoms with van der Waals surface area (Å²) in [7, 11) is -2.98. The molecule has 3 rings (SSSR count). The summed E-state index contributed by atoms with van der Waals surface area (Å²) in [6.45, 7) is 3.02. The van der Waals surface area contributed by atoms with Gasteiger partial charge in [0.15, 0.2) is 9.84 Å². The molecule has 1 N–H and O–H groups in total. The summed E-state index contributed by atoms with van der Waals surface area (Å²) in [5, 5.41) is 11.7. The highest BCUT2D eigenvalue weighted by Gasteiger charge is 2.36. The smallest absolute Gasteiger partial charge is 0.151 e. The molecule has 1 fully saturated rings. The Hall–Kier alpha value is -0.950. The minimum Gasteiger partial charge on any atom is -0.314 e. The first-order valence-electron chi connectivity index (χ1n) is 7.33. The molecule has 0 bridgehead atoms. The Kier molecular flexibility index (Phi) is 3.58. The molecule has 1 saturated carbocycles. The van der Waals surface area contributed by atoms with E-state index in [4.69, 9.17) is 0 Å². The lowest BCUT2D eigenvalue weighted by molar-refractivity contribution is 0.431. The highest BCUT2D eigenvalue weighted by molar-refractivity contribution is 7.91. The standard InChI is InChI=1S/C13H22N4O2S/c1-9(13-16-15-12-7-4-8-17(12)13)14-10-5-3-6-11(10)20(2,18)19/h9-11,14H,3-8H2,1-2H3. The Morgan fingerprint density at radius 3 is 2.85 bits per heavy atom. The fraction of sp³-hybridized carbons (Fsp3) is 0.846. The number of hydrogen-bond donors (Lipinski definition) is 1. The van der Waals surface area contributed by atoms with Crippen LogP contribution < -0.4 is 5.32 Å². The minimum absolute atomic E-state index is 0.0364. The van der Waals surface area contributed by atoms with Crippen molar-refractivity contribution in [3.05, 3.63) is 11.6 Å². The van der Waals surface area contributed by atoms with Gasteiger partial charge in [-0.3, -0.25) is 0 Å². The number of nitrogens with zero attached hydrogens (tertiary/aromatic N) is 3. The number of hydrogen-bond acceptors (Lipinski definition) is 5. The Morgan fingerprint density at radius 1 is 1.30 bits per heavy atom. The van der Waals surface area contributed by atoms with Crippen LogP contribution in [-0.4, -0.2) is 40.7 Å². The second kappa shape index (κ2) is 5.11. The molecule has 3 unspecified atom stereocenters. The third-order valence-corrected chi connectivity index (χ3v) is 6.16. The van der Waals surface area contributed by atoms with Crippen molar-refractivity contribution < 1.29 is 8.42 Å². The monoisotopic (exact) mass is 298 g/mol. The van der Waals surface area contributed by atoms with Gasteiger partial charge >= 0.3 is 0 Å². The molecule has 1 aromatic rings. The highest BCUT2D eigenvalue weighted by atomic mass is 32.2. The van der Waals surface area contributed by atoms with Crippen LogP contribution in [0.25, 0.3) is 0 Å². The highest BCUT2D eigenvalue weighted by Crippen LogP contribution is 2.28. The van der Waals surface area contributed by atoms with Gasteiger partial charge in [-0.2, -0.15) is 0 Å². The molecule has 0 amide bonds. The van der Waals surface area contributed by atoms with E-state index < -0.39 is 9.84 Å². The summed E-state index contributed by atoms with van der Waals surface area (Å²) in [4.78, 5) is 0. The third-order valence-electron chi connectivity index (χ3n) is 4.49. The average Bonchev–Trinajstić information content (AvgIpc) is 3.01. The molecule has 2 aliphatic rings. The average molecular weight is 298 g/mol. The van der Waals surface area contributed by atoms with Crippen molar-refractivity contribution in [1.29, 1.82) is 0 Å². The Bertz CT molecular complexity index is 596. The first-order chi connectivity index (χ1) is 9.47. The van der Waals surface area contributed by atoms with Crippen LogP contribution in [0.2, 0.25) is 0 Å². The molecule has 0 radical (unpaired) electrons. The van der Waals surface area contributed by atoms with E-state index >= 15 is 0 Å². The molecular weight excluding hydrogens is 276 g/mol. The normalized spacial score (nSPS) is 27.7. The molecule has 3 atom stereocenters. The zero-order valence-corrected chi connectivity index (χ0v) is 12.9. The zero-order valence-electron chi connectivity index (χ0n) is 12.0. The van der Waals surface area contributed by atoms with Crippen LogP contribution in [0.5, 0.6) is 0 Å². The molecule has 0 saturated heterocycles. The second-order valence-corrected chi connectivity index (χ2v) is 8.29. The summed E-state index contributed by atoms with van der Waals surface area (Å²) in [6, 6.07) is 0.0797. The maximum Gasteiger partial charge on any atom is 0.151 e. The van der Waals surface area contributed by atoms with Crippen molar-refractivity contribution in [3.8, 4) is 0 Å². The second-order valence-electron chi connectivity index (χ2n) is 6.02. The number of aromatic nitrogens is 3.